The molecule has 2 atom stereocenters. The van der Waals surface area contributed by atoms with E-state index >= 15 is 0 Å². The summed E-state index contributed by atoms with van der Waals surface area (Å²) in [5.41, 5.74) is 0.451. The van der Waals surface area contributed by atoms with Crippen LogP contribution in [0, 0.1) is 11.3 Å². The molecular formula is C16H12F3N3O2. The third kappa shape index (κ3) is 2.67. The molecule has 124 valence electrons. The average Bonchev–Trinajstić information content (AvgIpc) is 2.93. The van der Waals surface area contributed by atoms with Crippen molar-refractivity contribution in [3.05, 3.63) is 36.2 Å². The monoisotopic (exact) mass is 335 g/mol. The number of nitrogens with zero attached hydrogens (tertiary/aromatic N) is 3. The Morgan fingerprint density at radius 3 is 2.79 bits per heavy atom. The number of aliphatic hydroxyl groups is 1. The van der Waals surface area contributed by atoms with Gasteiger partial charge in [-0.15, -0.1) is 0 Å². The Bertz CT molecular complexity index is 845. The third-order valence-electron chi connectivity index (χ3n) is 4.09. The number of amides is 1. The lowest BCUT2D eigenvalue weighted by molar-refractivity contribution is -0.209. The highest BCUT2D eigenvalue weighted by molar-refractivity contribution is 5.99. The molecule has 1 amide bonds. The zero-order valence-corrected chi connectivity index (χ0v) is 12.3. The molecule has 2 heterocycles. The van der Waals surface area contributed by atoms with E-state index in [1.807, 2.05) is 6.07 Å². The molecule has 0 bridgehead atoms. The minimum atomic E-state index is -4.80. The SMILES string of the molecule is N#Cc1nccc2cc(N3C(=O)CC[C@@H]3[C@H](O)C(F)(F)F)ccc12. The maximum absolute atomic E-state index is 12.8. The first-order valence-electron chi connectivity index (χ1n) is 7.18. The normalized spacial score (nSPS) is 19.5. The van der Waals surface area contributed by atoms with Gasteiger partial charge in [-0.25, -0.2) is 4.98 Å². The van der Waals surface area contributed by atoms with Crippen molar-refractivity contribution in [3.8, 4) is 6.07 Å². The summed E-state index contributed by atoms with van der Waals surface area (Å²) in [4.78, 5) is 17.0. The Hall–Kier alpha value is -2.66. The Labute approximate surface area is 134 Å². The average molecular weight is 335 g/mol. The van der Waals surface area contributed by atoms with Gasteiger partial charge >= 0.3 is 6.18 Å². The van der Waals surface area contributed by atoms with Crippen LogP contribution in [0.15, 0.2) is 30.5 Å². The second-order valence-corrected chi connectivity index (χ2v) is 5.53. The number of carbonyl (C=O) groups excluding carboxylic acids is 1. The van der Waals surface area contributed by atoms with Crippen LogP contribution >= 0.6 is 0 Å². The fourth-order valence-corrected chi connectivity index (χ4v) is 2.96. The number of hydrogen-bond acceptors (Lipinski definition) is 4. The van der Waals surface area contributed by atoms with Crippen molar-refractivity contribution in [2.45, 2.75) is 31.2 Å². The Kier molecular flexibility index (Phi) is 3.89. The van der Waals surface area contributed by atoms with Crippen LogP contribution in [0.5, 0.6) is 0 Å². The molecule has 2 aromatic rings. The number of rotatable bonds is 2. The van der Waals surface area contributed by atoms with Crippen LogP contribution < -0.4 is 4.90 Å². The van der Waals surface area contributed by atoms with Gasteiger partial charge in [0, 0.05) is 23.7 Å². The summed E-state index contributed by atoms with van der Waals surface area (Å²) in [6, 6.07) is 6.71. The highest BCUT2D eigenvalue weighted by atomic mass is 19.4. The van der Waals surface area contributed by atoms with Crippen molar-refractivity contribution in [1.82, 2.24) is 4.98 Å². The molecular weight excluding hydrogens is 323 g/mol. The summed E-state index contributed by atoms with van der Waals surface area (Å²) in [7, 11) is 0. The molecule has 1 aromatic carbocycles. The van der Waals surface area contributed by atoms with Gasteiger partial charge in [-0.05, 0) is 36.1 Å². The number of nitriles is 1. The highest BCUT2D eigenvalue weighted by Crippen LogP contribution is 2.35. The van der Waals surface area contributed by atoms with E-state index in [0.29, 0.717) is 10.8 Å². The topological polar surface area (TPSA) is 77.2 Å². The zero-order chi connectivity index (χ0) is 17.5. The number of pyridine rings is 1. The standard InChI is InChI=1S/C16H12F3N3O2/c17-16(18,19)15(24)13-3-4-14(23)22(13)10-1-2-11-9(7-10)5-6-21-12(11)8-20/h1-2,5-7,13,15,24H,3-4H2/t13-,15+/m1/s1. The molecule has 1 fully saturated rings. The Balaban J connectivity index is 2.04. The van der Waals surface area contributed by atoms with E-state index < -0.39 is 24.2 Å². The van der Waals surface area contributed by atoms with Gasteiger partial charge < -0.3 is 10.0 Å². The fourth-order valence-electron chi connectivity index (χ4n) is 2.96. The van der Waals surface area contributed by atoms with E-state index in [1.54, 1.807) is 12.1 Å². The van der Waals surface area contributed by atoms with E-state index in [1.165, 1.54) is 18.3 Å². The largest absolute Gasteiger partial charge is 0.416 e. The number of carbonyl (C=O) groups is 1. The molecule has 5 nitrogen and oxygen atoms in total. The van der Waals surface area contributed by atoms with Gasteiger partial charge in [-0.3, -0.25) is 4.79 Å². The first-order valence-corrected chi connectivity index (χ1v) is 7.18. The molecule has 1 aliphatic rings. The van der Waals surface area contributed by atoms with Crippen LogP contribution in [0.2, 0.25) is 0 Å². The molecule has 0 unspecified atom stereocenters. The van der Waals surface area contributed by atoms with E-state index in [0.717, 1.165) is 4.90 Å². The number of aromatic nitrogens is 1. The van der Waals surface area contributed by atoms with Crippen molar-refractivity contribution < 1.29 is 23.1 Å². The molecule has 1 saturated heterocycles. The predicted octanol–water partition coefficient (Wildman–Crippen LogP) is 2.53. The smallest absolute Gasteiger partial charge is 0.382 e. The number of aliphatic hydroxyl groups excluding tert-OH is 1. The first kappa shape index (κ1) is 16.2. The highest BCUT2D eigenvalue weighted by Gasteiger charge is 2.49. The molecule has 1 N–H and O–H groups in total. The number of halogens is 3. The number of benzene rings is 1. The quantitative estimate of drug-likeness (QED) is 0.915. The Morgan fingerprint density at radius 1 is 1.38 bits per heavy atom. The molecule has 0 radical (unpaired) electrons. The lowest BCUT2D eigenvalue weighted by Crippen LogP contribution is -2.48. The van der Waals surface area contributed by atoms with Crippen molar-refractivity contribution in [2.24, 2.45) is 0 Å². The fraction of sp³-hybridized carbons (Fsp3) is 0.312. The minimum Gasteiger partial charge on any atom is -0.382 e. The minimum absolute atomic E-state index is 0.0599. The lowest BCUT2D eigenvalue weighted by Gasteiger charge is -2.30. The van der Waals surface area contributed by atoms with Crippen molar-refractivity contribution in [1.29, 1.82) is 5.26 Å². The van der Waals surface area contributed by atoms with E-state index in [4.69, 9.17) is 5.26 Å². The van der Waals surface area contributed by atoms with Crippen molar-refractivity contribution in [2.75, 3.05) is 4.90 Å². The maximum atomic E-state index is 12.8. The molecule has 0 saturated carbocycles. The molecule has 8 heteroatoms. The van der Waals surface area contributed by atoms with Gasteiger partial charge in [0.15, 0.2) is 6.10 Å². The Morgan fingerprint density at radius 2 is 2.12 bits per heavy atom. The van der Waals surface area contributed by atoms with Crippen molar-refractivity contribution >= 4 is 22.4 Å². The van der Waals surface area contributed by atoms with Crippen molar-refractivity contribution in [3.63, 3.8) is 0 Å². The number of alkyl halides is 3. The number of fused-ring (bicyclic) bond motifs is 1. The number of hydrogen-bond donors (Lipinski definition) is 1. The summed E-state index contributed by atoms with van der Waals surface area (Å²) >= 11 is 0. The maximum Gasteiger partial charge on any atom is 0.416 e. The second kappa shape index (κ2) is 5.76. The molecule has 1 aliphatic heterocycles. The van der Waals surface area contributed by atoms with Gasteiger partial charge in [0.1, 0.15) is 11.8 Å². The molecule has 0 aliphatic carbocycles. The van der Waals surface area contributed by atoms with Crippen LogP contribution in [-0.2, 0) is 4.79 Å². The number of anilines is 1. The van der Waals surface area contributed by atoms with Gasteiger partial charge in [0.2, 0.25) is 5.91 Å². The second-order valence-electron chi connectivity index (χ2n) is 5.53. The molecule has 24 heavy (non-hydrogen) atoms. The summed E-state index contributed by atoms with van der Waals surface area (Å²) in [5, 5.41) is 19.7. The molecule has 3 rings (SSSR count). The van der Waals surface area contributed by atoms with Crippen LogP contribution in [-0.4, -0.2) is 34.3 Å². The van der Waals surface area contributed by atoms with Crippen LogP contribution in [0.25, 0.3) is 10.8 Å². The molecule has 1 aromatic heterocycles. The van der Waals surface area contributed by atoms with Crippen LogP contribution in [0.1, 0.15) is 18.5 Å². The van der Waals surface area contributed by atoms with E-state index in [9.17, 15) is 23.1 Å². The van der Waals surface area contributed by atoms with E-state index in [-0.39, 0.29) is 24.2 Å². The summed E-state index contributed by atoms with van der Waals surface area (Å²) in [6.45, 7) is 0. The van der Waals surface area contributed by atoms with Crippen LogP contribution in [0.3, 0.4) is 0 Å². The third-order valence-corrected chi connectivity index (χ3v) is 4.09. The first-order chi connectivity index (χ1) is 11.3. The summed E-state index contributed by atoms with van der Waals surface area (Å²) in [5.74, 6) is -0.475. The van der Waals surface area contributed by atoms with E-state index in [2.05, 4.69) is 4.98 Å². The summed E-state index contributed by atoms with van der Waals surface area (Å²) in [6.07, 6.45) is -6.12. The predicted molar refractivity (Wildman–Crippen MR) is 79.0 cm³/mol. The van der Waals surface area contributed by atoms with Crippen LogP contribution in [0.4, 0.5) is 18.9 Å². The lowest BCUT2D eigenvalue weighted by atomic mass is 10.1. The summed E-state index contributed by atoms with van der Waals surface area (Å²) < 4.78 is 38.5. The zero-order valence-electron chi connectivity index (χ0n) is 12.3. The van der Waals surface area contributed by atoms with Gasteiger partial charge in [0.25, 0.3) is 0 Å². The van der Waals surface area contributed by atoms with Gasteiger partial charge in [-0.1, -0.05) is 0 Å². The van der Waals surface area contributed by atoms with Gasteiger partial charge in [-0.2, -0.15) is 18.4 Å². The molecule has 0 spiro atoms. The van der Waals surface area contributed by atoms with Gasteiger partial charge in [0.05, 0.1) is 6.04 Å².